The Morgan fingerprint density at radius 1 is 0.278 bits per heavy atom. The Bertz CT molecular complexity index is 1250. The number of allylic oxidation sites excluding steroid dienone is 8. The van der Waals surface area contributed by atoms with E-state index in [2.05, 4.69) is 69.4 Å². The van der Waals surface area contributed by atoms with Crippen LogP contribution in [0, 0.1) is 0 Å². The van der Waals surface area contributed by atoms with Crippen molar-refractivity contribution >= 4 is 17.9 Å². The number of ether oxygens (including phenoxy) is 3. The summed E-state index contributed by atoms with van der Waals surface area (Å²) in [6, 6.07) is 0. The standard InChI is InChI=1S/C66H120O6/c1-4-7-10-13-16-18-20-22-24-26-28-29-30-31-32-33-34-35-36-37-39-40-42-44-46-48-50-53-56-59-65(68)71-62-63(61-70-64(67)58-55-52-15-12-9-6-3)72-66(69)60-57-54-51-49-47-45-43-41-38-27-25-23-21-19-17-14-11-8-5-2/h17,19-20,22-23,25-26,28,63H,4-16,18,21,24,27,29-62H2,1-3H3/b19-17-,22-20-,25-23-,28-26-. The Hall–Kier alpha value is -2.63. The molecule has 0 aliphatic rings. The Labute approximate surface area is 448 Å². The molecule has 6 heteroatoms. The summed E-state index contributed by atoms with van der Waals surface area (Å²) in [4.78, 5) is 38.0. The average molecular weight is 1010 g/mol. The molecule has 6 nitrogen and oxygen atoms in total. The number of carbonyl (C=O) groups is 3. The van der Waals surface area contributed by atoms with Crippen molar-refractivity contribution in [2.24, 2.45) is 0 Å². The summed E-state index contributed by atoms with van der Waals surface area (Å²) in [7, 11) is 0. The van der Waals surface area contributed by atoms with Crippen LogP contribution >= 0.6 is 0 Å². The van der Waals surface area contributed by atoms with E-state index in [-0.39, 0.29) is 31.1 Å². The molecule has 0 aliphatic heterocycles. The van der Waals surface area contributed by atoms with Gasteiger partial charge in [-0.3, -0.25) is 14.4 Å². The third kappa shape index (κ3) is 58.3. The Morgan fingerprint density at radius 2 is 0.500 bits per heavy atom. The predicted octanol–water partition coefficient (Wildman–Crippen LogP) is 21.4. The van der Waals surface area contributed by atoms with Gasteiger partial charge in [0.05, 0.1) is 0 Å². The fourth-order valence-electron chi connectivity index (χ4n) is 9.27. The molecule has 0 aromatic rings. The molecular weight excluding hydrogens is 889 g/mol. The first-order chi connectivity index (χ1) is 35.5. The minimum Gasteiger partial charge on any atom is -0.462 e. The molecule has 1 unspecified atom stereocenters. The number of unbranched alkanes of at least 4 members (excludes halogenated alkanes) is 39. The molecule has 0 saturated heterocycles. The van der Waals surface area contributed by atoms with Crippen molar-refractivity contribution in [3.05, 3.63) is 48.6 Å². The van der Waals surface area contributed by atoms with E-state index in [4.69, 9.17) is 14.2 Å². The van der Waals surface area contributed by atoms with E-state index < -0.39 is 6.10 Å². The highest BCUT2D eigenvalue weighted by atomic mass is 16.6. The van der Waals surface area contributed by atoms with Crippen molar-refractivity contribution in [1.82, 2.24) is 0 Å². The molecule has 0 aliphatic carbocycles. The smallest absolute Gasteiger partial charge is 0.306 e. The maximum Gasteiger partial charge on any atom is 0.306 e. The van der Waals surface area contributed by atoms with E-state index in [1.165, 1.54) is 225 Å². The summed E-state index contributed by atoms with van der Waals surface area (Å²) in [6.45, 7) is 6.58. The highest BCUT2D eigenvalue weighted by Gasteiger charge is 2.19. The van der Waals surface area contributed by atoms with Crippen molar-refractivity contribution < 1.29 is 28.6 Å². The van der Waals surface area contributed by atoms with Crippen LogP contribution < -0.4 is 0 Å². The van der Waals surface area contributed by atoms with E-state index in [0.29, 0.717) is 19.3 Å². The monoisotopic (exact) mass is 1010 g/mol. The summed E-state index contributed by atoms with van der Waals surface area (Å²) in [5, 5.41) is 0. The molecule has 0 rings (SSSR count). The Morgan fingerprint density at radius 3 is 0.792 bits per heavy atom. The van der Waals surface area contributed by atoms with Gasteiger partial charge in [0.1, 0.15) is 13.2 Å². The molecule has 0 aromatic heterocycles. The number of rotatable bonds is 58. The summed E-state index contributed by atoms with van der Waals surface area (Å²) in [5.74, 6) is -0.869. The van der Waals surface area contributed by atoms with E-state index in [9.17, 15) is 14.4 Å². The van der Waals surface area contributed by atoms with Gasteiger partial charge in [0, 0.05) is 19.3 Å². The lowest BCUT2D eigenvalue weighted by atomic mass is 10.0. The van der Waals surface area contributed by atoms with Gasteiger partial charge in [-0.05, 0) is 83.5 Å². The summed E-state index contributed by atoms with van der Waals surface area (Å²) >= 11 is 0. The lowest BCUT2D eigenvalue weighted by Gasteiger charge is -2.18. The Kier molecular flexibility index (Phi) is 58.7. The lowest BCUT2D eigenvalue weighted by molar-refractivity contribution is -0.167. The van der Waals surface area contributed by atoms with Crippen molar-refractivity contribution in [3.8, 4) is 0 Å². The molecule has 0 saturated carbocycles. The number of carbonyl (C=O) groups excluding carboxylic acids is 3. The van der Waals surface area contributed by atoms with Gasteiger partial charge in [-0.1, -0.05) is 281 Å². The van der Waals surface area contributed by atoms with Gasteiger partial charge in [-0.25, -0.2) is 0 Å². The summed E-state index contributed by atoms with van der Waals surface area (Å²) < 4.78 is 16.8. The molecule has 0 fully saturated rings. The molecule has 0 radical (unpaired) electrons. The highest BCUT2D eigenvalue weighted by Crippen LogP contribution is 2.17. The molecule has 0 spiro atoms. The third-order valence-corrected chi connectivity index (χ3v) is 14.1. The van der Waals surface area contributed by atoms with Gasteiger partial charge >= 0.3 is 17.9 Å². The number of hydrogen-bond donors (Lipinski definition) is 0. The molecule has 72 heavy (non-hydrogen) atoms. The lowest BCUT2D eigenvalue weighted by Crippen LogP contribution is -2.30. The van der Waals surface area contributed by atoms with Crippen molar-refractivity contribution in [1.29, 1.82) is 0 Å². The van der Waals surface area contributed by atoms with Crippen molar-refractivity contribution in [2.45, 2.75) is 341 Å². The zero-order chi connectivity index (χ0) is 52.2. The molecule has 0 bridgehead atoms. The van der Waals surface area contributed by atoms with E-state index in [1.54, 1.807) is 0 Å². The molecule has 0 N–H and O–H groups in total. The second-order valence-corrected chi connectivity index (χ2v) is 21.3. The van der Waals surface area contributed by atoms with Crippen LogP contribution in [0.3, 0.4) is 0 Å². The number of esters is 3. The number of hydrogen-bond acceptors (Lipinski definition) is 6. The first-order valence-corrected chi connectivity index (χ1v) is 31.6. The van der Waals surface area contributed by atoms with Crippen LogP contribution in [0.15, 0.2) is 48.6 Å². The van der Waals surface area contributed by atoms with Gasteiger partial charge in [0.25, 0.3) is 0 Å². The minimum absolute atomic E-state index is 0.0714. The van der Waals surface area contributed by atoms with Gasteiger partial charge in [-0.2, -0.15) is 0 Å². The third-order valence-electron chi connectivity index (χ3n) is 14.1. The van der Waals surface area contributed by atoms with E-state index >= 15 is 0 Å². The largest absolute Gasteiger partial charge is 0.462 e. The van der Waals surface area contributed by atoms with Crippen molar-refractivity contribution in [3.63, 3.8) is 0 Å². The topological polar surface area (TPSA) is 78.9 Å². The quantitative estimate of drug-likeness (QED) is 0.0261. The van der Waals surface area contributed by atoms with Crippen LogP contribution in [0.1, 0.15) is 335 Å². The van der Waals surface area contributed by atoms with Crippen LogP contribution in [0.4, 0.5) is 0 Å². The first kappa shape index (κ1) is 69.4. The molecule has 1 atom stereocenters. The second kappa shape index (κ2) is 60.9. The second-order valence-electron chi connectivity index (χ2n) is 21.3. The maximum absolute atomic E-state index is 12.8. The van der Waals surface area contributed by atoms with Crippen LogP contribution in [0.5, 0.6) is 0 Å². The highest BCUT2D eigenvalue weighted by molar-refractivity contribution is 5.71. The van der Waals surface area contributed by atoms with E-state index in [0.717, 1.165) is 70.6 Å². The van der Waals surface area contributed by atoms with Crippen LogP contribution in [-0.2, 0) is 28.6 Å². The zero-order valence-electron chi connectivity index (χ0n) is 48.2. The molecule has 0 aromatic carbocycles. The van der Waals surface area contributed by atoms with Gasteiger partial charge < -0.3 is 14.2 Å². The fourth-order valence-corrected chi connectivity index (χ4v) is 9.27. The molecular formula is C66H120O6. The van der Waals surface area contributed by atoms with Crippen LogP contribution in [0.2, 0.25) is 0 Å². The van der Waals surface area contributed by atoms with E-state index in [1.807, 2.05) is 0 Å². The summed E-state index contributed by atoms with van der Waals surface area (Å²) in [6.07, 6.45) is 75.9. The first-order valence-electron chi connectivity index (χ1n) is 31.6. The van der Waals surface area contributed by atoms with Gasteiger partial charge in [0.2, 0.25) is 0 Å². The van der Waals surface area contributed by atoms with Crippen LogP contribution in [-0.4, -0.2) is 37.2 Å². The molecule has 420 valence electrons. The van der Waals surface area contributed by atoms with Crippen molar-refractivity contribution in [2.75, 3.05) is 13.2 Å². The zero-order valence-corrected chi connectivity index (χ0v) is 48.2. The molecule has 0 heterocycles. The normalized spacial score (nSPS) is 12.3. The summed E-state index contributed by atoms with van der Waals surface area (Å²) in [5.41, 5.74) is 0. The fraction of sp³-hybridized carbons (Fsp3) is 0.833. The average Bonchev–Trinajstić information content (AvgIpc) is 3.38. The SMILES string of the molecule is CCCCC/C=C\C/C=C\CCCCCCCCCCCC(=O)OC(COC(=O)CCCCCCCC)COC(=O)CCCCCCCCCCCCCCCCCCC/C=C\C/C=C\CCCCCCC. The Balaban J connectivity index is 4.02. The molecule has 0 amide bonds. The maximum atomic E-state index is 12.8. The predicted molar refractivity (Wildman–Crippen MR) is 312 cm³/mol. The van der Waals surface area contributed by atoms with Gasteiger partial charge in [-0.15, -0.1) is 0 Å². The van der Waals surface area contributed by atoms with Gasteiger partial charge in [0.15, 0.2) is 6.10 Å². The van der Waals surface area contributed by atoms with Crippen LogP contribution in [0.25, 0.3) is 0 Å². The minimum atomic E-state index is -0.770.